The number of fused-ring (bicyclic) bond motifs is 1. The van der Waals surface area contributed by atoms with Crippen LogP contribution in [0.3, 0.4) is 0 Å². The highest BCUT2D eigenvalue weighted by Gasteiger charge is 2.25. The number of H-pyrrole nitrogens is 1. The van der Waals surface area contributed by atoms with Crippen LogP contribution >= 0.6 is 0 Å². The summed E-state index contributed by atoms with van der Waals surface area (Å²) >= 11 is 0. The van der Waals surface area contributed by atoms with Crippen molar-refractivity contribution >= 4 is 16.8 Å². The first-order chi connectivity index (χ1) is 12.3. The normalized spacial score (nSPS) is 17.6. The van der Waals surface area contributed by atoms with E-state index in [1.54, 1.807) is 0 Å². The van der Waals surface area contributed by atoms with E-state index in [0.717, 1.165) is 41.6 Å². The highest BCUT2D eigenvalue weighted by atomic mass is 16.5. The fourth-order valence-corrected chi connectivity index (χ4v) is 3.51. The van der Waals surface area contributed by atoms with Crippen molar-refractivity contribution in [1.29, 1.82) is 0 Å². The molecule has 1 atom stereocenters. The van der Waals surface area contributed by atoms with Crippen LogP contribution in [-0.2, 0) is 11.2 Å². The van der Waals surface area contributed by atoms with Crippen LogP contribution < -0.4 is 4.74 Å². The topological polar surface area (TPSA) is 45.3 Å². The molecule has 2 aromatic carbocycles. The van der Waals surface area contributed by atoms with E-state index in [9.17, 15) is 4.79 Å². The molecule has 0 spiro atoms. The van der Waals surface area contributed by atoms with Crippen LogP contribution in [0.25, 0.3) is 10.9 Å². The summed E-state index contributed by atoms with van der Waals surface area (Å²) in [7, 11) is 0. The average Bonchev–Trinajstić information content (AvgIpc) is 3.06. The standard InChI is InChI=1S/C21H22N2O2/c24-21(13-16-14-22-20-11-5-4-10-19(16)20)23-12-6-9-18(15-23)25-17-7-2-1-3-8-17/h1-5,7-8,10-11,14,18,22H,6,9,12-13,15H2. The Morgan fingerprint density at radius 1 is 1.12 bits per heavy atom. The van der Waals surface area contributed by atoms with Gasteiger partial charge in [-0.05, 0) is 36.6 Å². The maximum absolute atomic E-state index is 12.8. The predicted molar refractivity (Wildman–Crippen MR) is 98.7 cm³/mol. The molecule has 25 heavy (non-hydrogen) atoms. The molecule has 0 aliphatic carbocycles. The number of carbonyl (C=O) groups is 1. The number of aromatic nitrogens is 1. The Morgan fingerprint density at radius 3 is 2.80 bits per heavy atom. The fraction of sp³-hybridized carbons (Fsp3) is 0.286. The molecule has 4 heteroatoms. The SMILES string of the molecule is O=C(Cc1c[nH]c2ccccc12)N1CCCC(Oc2ccccc2)C1. The number of likely N-dealkylation sites (tertiary alicyclic amines) is 1. The number of aromatic amines is 1. The summed E-state index contributed by atoms with van der Waals surface area (Å²) in [5.41, 5.74) is 2.14. The molecule has 4 nitrogen and oxygen atoms in total. The molecule has 1 fully saturated rings. The van der Waals surface area contributed by atoms with Gasteiger partial charge in [0.2, 0.25) is 5.91 Å². The van der Waals surface area contributed by atoms with Crippen molar-refractivity contribution in [3.05, 3.63) is 66.4 Å². The fourth-order valence-electron chi connectivity index (χ4n) is 3.51. The second-order valence-electron chi connectivity index (χ2n) is 6.57. The largest absolute Gasteiger partial charge is 0.489 e. The zero-order valence-electron chi connectivity index (χ0n) is 14.2. The first kappa shape index (κ1) is 15.8. The first-order valence-corrected chi connectivity index (χ1v) is 8.84. The van der Waals surface area contributed by atoms with E-state index in [1.165, 1.54) is 0 Å². The molecule has 1 unspecified atom stereocenters. The predicted octanol–water partition coefficient (Wildman–Crippen LogP) is 3.78. The summed E-state index contributed by atoms with van der Waals surface area (Å²) < 4.78 is 6.04. The highest BCUT2D eigenvalue weighted by molar-refractivity contribution is 5.88. The number of benzene rings is 2. The Morgan fingerprint density at radius 2 is 1.92 bits per heavy atom. The molecule has 0 bridgehead atoms. The minimum atomic E-state index is 0.0723. The van der Waals surface area contributed by atoms with E-state index < -0.39 is 0 Å². The van der Waals surface area contributed by atoms with Crippen molar-refractivity contribution in [1.82, 2.24) is 9.88 Å². The average molecular weight is 334 g/mol. The van der Waals surface area contributed by atoms with Gasteiger partial charge >= 0.3 is 0 Å². The highest BCUT2D eigenvalue weighted by Crippen LogP contribution is 2.21. The molecule has 1 aromatic heterocycles. The second kappa shape index (κ2) is 7.01. The third-order valence-corrected chi connectivity index (χ3v) is 4.79. The van der Waals surface area contributed by atoms with E-state index in [1.807, 2.05) is 59.6 Å². The minimum absolute atomic E-state index is 0.0723. The molecule has 0 radical (unpaired) electrons. The van der Waals surface area contributed by atoms with Crippen LogP contribution in [0.5, 0.6) is 5.75 Å². The number of nitrogens with zero attached hydrogens (tertiary/aromatic N) is 1. The van der Waals surface area contributed by atoms with Crippen LogP contribution in [0.15, 0.2) is 60.8 Å². The minimum Gasteiger partial charge on any atom is -0.489 e. The van der Waals surface area contributed by atoms with Gasteiger partial charge in [-0.25, -0.2) is 0 Å². The summed E-state index contributed by atoms with van der Waals surface area (Å²) in [5, 5.41) is 1.13. The van der Waals surface area contributed by atoms with E-state index >= 15 is 0 Å². The van der Waals surface area contributed by atoms with Crippen molar-refractivity contribution in [3.8, 4) is 5.75 Å². The van der Waals surface area contributed by atoms with Gasteiger partial charge in [-0.2, -0.15) is 0 Å². The number of rotatable bonds is 4. The molecule has 1 N–H and O–H groups in total. The van der Waals surface area contributed by atoms with Crippen molar-refractivity contribution in [2.75, 3.05) is 13.1 Å². The molecule has 0 saturated carbocycles. The zero-order chi connectivity index (χ0) is 17.1. The van der Waals surface area contributed by atoms with Gasteiger partial charge < -0.3 is 14.6 Å². The van der Waals surface area contributed by atoms with Crippen LogP contribution in [0.1, 0.15) is 18.4 Å². The third kappa shape index (κ3) is 3.53. The number of piperidine rings is 1. The number of ether oxygens (including phenoxy) is 1. The summed E-state index contributed by atoms with van der Waals surface area (Å²) in [6.45, 7) is 1.48. The summed E-state index contributed by atoms with van der Waals surface area (Å²) in [6.07, 6.45) is 4.43. The molecule has 4 rings (SSSR count). The lowest BCUT2D eigenvalue weighted by atomic mass is 10.1. The van der Waals surface area contributed by atoms with Gasteiger partial charge in [-0.15, -0.1) is 0 Å². The van der Waals surface area contributed by atoms with Gasteiger partial charge in [0.05, 0.1) is 13.0 Å². The Hall–Kier alpha value is -2.75. The maximum Gasteiger partial charge on any atom is 0.227 e. The van der Waals surface area contributed by atoms with E-state index in [-0.39, 0.29) is 12.0 Å². The van der Waals surface area contributed by atoms with Gasteiger partial charge in [0.1, 0.15) is 11.9 Å². The number of para-hydroxylation sites is 2. The lowest BCUT2D eigenvalue weighted by molar-refractivity contribution is -0.133. The van der Waals surface area contributed by atoms with Crippen LogP contribution in [-0.4, -0.2) is 35.0 Å². The maximum atomic E-state index is 12.8. The van der Waals surface area contributed by atoms with Gasteiger partial charge in [0.15, 0.2) is 0 Å². The molecule has 1 aliphatic heterocycles. The number of carbonyl (C=O) groups excluding carboxylic acids is 1. The van der Waals surface area contributed by atoms with Crippen LogP contribution in [0.2, 0.25) is 0 Å². The molecule has 3 aromatic rings. The Bertz CT molecular complexity index is 856. The third-order valence-electron chi connectivity index (χ3n) is 4.79. The number of hydrogen-bond donors (Lipinski definition) is 1. The van der Waals surface area contributed by atoms with Crippen molar-refractivity contribution in [3.63, 3.8) is 0 Å². The van der Waals surface area contributed by atoms with Gasteiger partial charge in [0.25, 0.3) is 0 Å². The number of amides is 1. The first-order valence-electron chi connectivity index (χ1n) is 8.84. The zero-order valence-corrected chi connectivity index (χ0v) is 14.2. The van der Waals surface area contributed by atoms with E-state index in [4.69, 9.17) is 4.74 Å². The molecule has 1 aliphatic rings. The Balaban J connectivity index is 1.41. The smallest absolute Gasteiger partial charge is 0.227 e. The van der Waals surface area contributed by atoms with Gasteiger partial charge in [-0.3, -0.25) is 4.79 Å². The summed E-state index contributed by atoms with van der Waals surface area (Å²) in [6, 6.07) is 18.0. The molecule has 128 valence electrons. The number of hydrogen-bond acceptors (Lipinski definition) is 2. The molecule has 2 heterocycles. The lowest BCUT2D eigenvalue weighted by Crippen LogP contribution is -2.45. The van der Waals surface area contributed by atoms with E-state index in [0.29, 0.717) is 13.0 Å². The molecule has 1 amide bonds. The van der Waals surface area contributed by atoms with E-state index in [2.05, 4.69) is 11.1 Å². The summed E-state index contributed by atoms with van der Waals surface area (Å²) in [5.74, 6) is 1.05. The van der Waals surface area contributed by atoms with Gasteiger partial charge in [0, 0.05) is 23.6 Å². The molecular formula is C21H22N2O2. The Labute approximate surface area is 147 Å². The lowest BCUT2D eigenvalue weighted by Gasteiger charge is -2.33. The van der Waals surface area contributed by atoms with Crippen LogP contribution in [0.4, 0.5) is 0 Å². The number of nitrogens with one attached hydrogen (secondary N) is 1. The van der Waals surface area contributed by atoms with Crippen molar-refractivity contribution < 1.29 is 9.53 Å². The van der Waals surface area contributed by atoms with Crippen LogP contribution in [0, 0.1) is 0 Å². The molecular weight excluding hydrogens is 312 g/mol. The van der Waals surface area contributed by atoms with Crippen molar-refractivity contribution in [2.24, 2.45) is 0 Å². The Kier molecular flexibility index (Phi) is 4.42. The monoisotopic (exact) mass is 334 g/mol. The second-order valence-corrected chi connectivity index (χ2v) is 6.57. The van der Waals surface area contributed by atoms with Gasteiger partial charge in [-0.1, -0.05) is 36.4 Å². The quantitative estimate of drug-likeness (QED) is 0.789. The van der Waals surface area contributed by atoms with Crippen molar-refractivity contribution in [2.45, 2.75) is 25.4 Å². The molecule has 1 saturated heterocycles. The summed E-state index contributed by atoms with van der Waals surface area (Å²) in [4.78, 5) is 17.9.